The largest absolute Gasteiger partial charge is 0.490 e. The normalized spacial score (nSPS) is 19.7. The minimum Gasteiger partial charge on any atom is -0.490 e. The third kappa shape index (κ3) is 3.24. The molecule has 1 aromatic rings. The molecule has 3 N–H and O–H groups in total. The number of aliphatic hydroxyl groups is 1. The predicted molar refractivity (Wildman–Crippen MR) is 72.6 cm³/mol. The van der Waals surface area contributed by atoms with Crippen molar-refractivity contribution in [3.8, 4) is 5.75 Å². The van der Waals surface area contributed by atoms with Gasteiger partial charge in [0.05, 0.1) is 6.10 Å². The fourth-order valence-corrected chi connectivity index (χ4v) is 2.49. The Morgan fingerprint density at radius 3 is 2.44 bits per heavy atom. The van der Waals surface area contributed by atoms with Gasteiger partial charge in [-0.05, 0) is 56.7 Å². The molecule has 0 heterocycles. The second-order valence-electron chi connectivity index (χ2n) is 5.44. The van der Waals surface area contributed by atoms with E-state index in [1.165, 1.54) is 25.7 Å². The van der Waals surface area contributed by atoms with Crippen molar-refractivity contribution in [2.75, 3.05) is 6.61 Å². The molecular weight excluding hydrogens is 226 g/mol. The third-order valence-corrected chi connectivity index (χ3v) is 3.75. The van der Waals surface area contributed by atoms with E-state index in [9.17, 15) is 0 Å². The van der Waals surface area contributed by atoms with E-state index in [4.69, 9.17) is 15.6 Å². The molecule has 18 heavy (non-hydrogen) atoms. The van der Waals surface area contributed by atoms with E-state index in [2.05, 4.69) is 0 Å². The molecule has 1 fully saturated rings. The summed E-state index contributed by atoms with van der Waals surface area (Å²) in [6, 6.07) is 7.96. The molecule has 0 radical (unpaired) electrons. The number of aliphatic hydroxyl groups excluding tert-OH is 1. The van der Waals surface area contributed by atoms with Crippen molar-refractivity contribution in [2.24, 2.45) is 5.73 Å². The van der Waals surface area contributed by atoms with E-state index >= 15 is 0 Å². The van der Waals surface area contributed by atoms with Crippen LogP contribution in [0, 0.1) is 0 Å². The van der Waals surface area contributed by atoms with Gasteiger partial charge < -0.3 is 15.6 Å². The van der Waals surface area contributed by atoms with Gasteiger partial charge in [-0.15, -0.1) is 0 Å². The Hall–Kier alpha value is -1.06. The van der Waals surface area contributed by atoms with Crippen molar-refractivity contribution in [1.29, 1.82) is 0 Å². The highest BCUT2D eigenvalue weighted by Gasteiger charge is 2.21. The average molecular weight is 249 g/mol. The molecule has 0 aliphatic heterocycles. The summed E-state index contributed by atoms with van der Waals surface area (Å²) in [5, 5.41) is 9.00. The Balaban J connectivity index is 2.00. The summed E-state index contributed by atoms with van der Waals surface area (Å²) in [5.74, 6) is 0.922. The predicted octanol–water partition coefficient (Wildman–Crippen LogP) is 2.56. The summed E-state index contributed by atoms with van der Waals surface area (Å²) >= 11 is 0. The standard InChI is InChI=1S/C15H23NO2/c1-15(16,10-11-17)12-6-8-14(9-7-12)18-13-4-2-3-5-13/h6-9,13,17H,2-5,10-11,16H2,1H3. The molecule has 3 nitrogen and oxygen atoms in total. The van der Waals surface area contributed by atoms with Crippen molar-refractivity contribution in [1.82, 2.24) is 0 Å². The number of rotatable bonds is 5. The van der Waals surface area contributed by atoms with E-state index in [1.54, 1.807) is 0 Å². The monoisotopic (exact) mass is 249 g/mol. The molecule has 0 saturated heterocycles. The van der Waals surface area contributed by atoms with Crippen LogP contribution in [-0.2, 0) is 5.54 Å². The molecule has 1 saturated carbocycles. The van der Waals surface area contributed by atoms with Gasteiger partial charge in [-0.25, -0.2) is 0 Å². The van der Waals surface area contributed by atoms with Crippen LogP contribution in [0.3, 0.4) is 0 Å². The number of nitrogens with two attached hydrogens (primary N) is 1. The molecule has 2 rings (SSSR count). The lowest BCUT2D eigenvalue weighted by molar-refractivity contribution is 0.210. The van der Waals surface area contributed by atoms with Crippen LogP contribution in [0.5, 0.6) is 5.75 Å². The molecule has 0 bridgehead atoms. The maximum atomic E-state index is 9.00. The van der Waals surface area contributed by atoms with E-state index in [0.717, 1.165) is 11.3 Å². The minimum atomic E-state index is -0.472. The van der Waals surface area contributed by atoms with Crippen molar-refractivity contribution >= 4 is 0 Å². The minimum absolute atomic E-state index is 0.104. The molecule has 1 aliphatic rings. The van der Waals surface area contributed by atoms with E-state index in [0.29, 0.717) is 12.5 Å². The van der Waals surface area contributed by atoms with E-state index in [-0.39, 0.29) is 6.61 Å². The first-order chi connectivity index (χ1) is 8.62. The molecule has 0 aromatic heterocycles. The van der Waals surface area contributed by atoms with Gasteiger partial charge >= 0.3 is 0 Å². The highest BCUT2D eigenvalue weighted by molar-refractivity contribution is 5.31. The van der Waals surface area contributed by atoms with E-state index < -0.39 is 5.54 Å². The average Bonchev–Trinajstić information content (AvgIpc) is 2.82. The Morgan fingerprint density at radius 2 is 1.89 bits per heavy atom. The van der Waals surface area contributed by atoms with Gasteiger partial charge in [0.15, 0.2) is 0 Å². The van der Waals surface area contributed by atoms with Crippen LogP contribution >= 0.6 is 0 Å². The molecule has 1 aliphatic carbocycles. The lowest BCUT2D eigenvalue weighted by Crippen LogP contribution is -2.33. The van der Waals surface area contributed by atoms with E-state index in [1.807, 2.05) is 31.2 Å². The molecule has 1 atom stereocenters. The number of ether oxygens (including phenoxy) is 1. The Bertz CT molecular complexity index is 367. The van der Waals surface area contributed by atoms with Gasteiger partial charge in [0.1, 0.15) is 5.75 Å². The quantitative estimate of drug-likeness (QED) is 0.843. The second kappa shape index (κ2) is 5.72. The van der Waals surface area contributed by atoms with Crippen LogP contribution in [0.4, 0.5) is 0 Å². The van der Waals surface area contributed by atoms with Gasteiger partial charge in [-0.2, -0.15) is 0 Å². The summed E-state index contributed by atoms with van der Waals surface area (Å²) < 4.78 is 5.91. The SMILES string of the molecule is CC(N)(CCO)c1ccc(OC2CCCC2)cc1. The van der Waals surface area contributed by atoms with Crippen molar-refractivity contribution < 1.29 is 9.84 Å². The highest BCUT2D eigenvalue weighted by Crippen LogP contribution is 2.27. The Labute approximate surface area is 109 Å². The topological polar surface area (TPSA) is 55.5 Å². The van der Waals surface area contributed by atoms with Crippen molar-refractivity contribution in [2.45, 2.75) is 50.7 Å². The summed E-state index contributed by atoms with van der Waals surface area (Å²) in [4.78, 5) is 0. The lowest BCUT2D eigenvalue weighted by atomic mass is 9.90. The molecule has 100 valence electrons. The summed E-state index contributed by atoms with van der Waals surface area (Å²) in [7, 11) is 0. The fraction of sp³-hybridized carbons (Fsp3) is 0.600. The van der Waals surface area contributed by atoms with Crippen LogP contribution in [0.25, 0.3) is 0 Å². The zero-order chi connectivity index (χ0) is 13.0. The third-order valence-electron chi connectivity index (χ3n) is 3.75. The molecular formula is C15H23NO2. The molecule has 3 heteroatoms. The van der Waals surface area contributed by atoms with Crippen LogP contribution in [-0.4, -0.2) is 17.8 Å². The molecule has 1 unspecified atom stereocenters. The zero-order valence-electron chi connectivity index (χ0n) is 11.1. The Morgan fingerprint density at radius 1 is 1.28 bits per heavy atom. The summed E-state index contributed by atoms with van der Waals surface area (Å²) in [6.45, 7) is 2.05. The highest BCUT2D eigenvalue weighted by atomic mass is 16.5. The van der Waals surface area contributed by atoms with Gasteiger partial charge in [0, 0.05) is 12.1 Å². The smallest absolute Gasteiger partial charge is 0.119 e. The van der Waals surface area contributed by atoms with Gasteiger partial charge in [0.2, 0.25) is 0 Å². The number of hydrogen-bond donors (Lipinski definition) is 2. The van der Waals surface area contributed by atoms with Crippen molar-refractivity contribution in [3.63, 3.8) is 0 Å². The molecule has 1 aromatic carbocycles. The molecule has 0 amide bonds. The van der Waals surface area contributed by atoms with Crippen LogP contribution < -0.4 is 10.5 Å². The summed E-state index contributed by atoms with van der Waals surface area (Å²) in [5.41, 5.74) is 6.73. The van der Waals surface area contributed by atoms with Crippen LogP contribution in [0.2, 0.25) is 0 Å². The lowest BCUT2D eigenvalue weighted by Gasteiger charge is -2.24. The number of hydrogen-bond acceptors (Lipinski definition) is 3. The van der Waals surface area contributed by atoms with Crippen molar-refractivity contribution in [3.05, 3.63) is 29.8 Å². The maximum absolute atomic E-state index is 9.00. The van der Waals surface area contributed by atoms with Crippen LogP contribution in [0.1, 0.15) is 44.6 Å². The maximum Gasteiger partial charge on any atom is 0.119 e. The summed E-state index contributed by atoms with van der Waals surface area (Å²) in [6.07, 6.45) is 5.84. The second-order valence-corrected chi connectivity index (χ2v) is 5.44. The van der Waals surface area contributed by atoms with Crippen LogP contribution in [0.15, 0.2) is 24.3 Å². The fourth-order valence-electron chi connectivity index (χ4n) is 2.49. The first-order valence-electron chi connectivity index (χ1n) is 6.79. The number of benzene rings is 1. The Kier molecular flexibility index (Phi) is 4.25. The molecule has 0 spiro atoms. The first-order valence-corrected chi connectivity index (χ1v) is 6.79. The van der Waals surface area contributed by atoms with Gasteiger partial charge in [-0.1, -0.05) is 12.1 Å². The first kappa shape index (κ1) is 13.4. The van der Waals surface area contributed by atoms with Gasteiger partial charge in [-0.3, -0.25) is 0 Å². The van der Waals surface area contributed by atoms with Gasteiger partial charge in [0.25, 0.3) is 0 Å². The zero-order valence-corrected chi connectivity index (χ0v) is 11.1.